The third kappa shape index (κ3) is 9.96. The number of carbonyl (C=O) groups is 3. The van der Waals surface area contributed by atoms with Crippen LogP contribution < -0.4 is 16.0 Å². The maximum atomic E-state index is 12.2. The highest BCUT2D eigenvalue weighted by atomic mass is 35.5. The van der Waals surface area contributed by atoms with Gasteiger partial charge in [0.05, 0.1) is 0 Å². The summed E-state index contributed by atoms with van der Waals surface area (Å²) < 4.78 is 5.37. The number of rotatable bonds is 4. The number of nitrogens with zero attached hydrogens (tertiary/aromatic N) is 1. The molecule has 2 aliphatic carbocycles. The number of likely N-dealkylation sites (tertiary alicyclic amines) is 1. The molecule has 0 atom stereocenters. The van der Waals surface area contributed by atoms with Crippen molar-refractivity contribution in [3.8, 4) is 0 Å². The van der Waals surface area contributed by atoms with Gasteiger partial charge >= 0.3 is 6.09 Å². The van der Waals surface area contributed by atoms with Crippen LogP contribution in [0.2, 0.25) is 0 Å². The van der Waals surface area contributed by atoms with Crippen molar-refractivity contribution in [3.05, 3.63) is 0 Å². The third-order valence-corrected chi connectivity index (χ3v) is 7.15. The number of piperidine rings is 2. The van der Waals surface area contributed by atoms with E-state index >= 15 is 0 Å². The van der Waals surface area contributed by atoms with Crippen molar-refractivity contribution in [3.63, 3.8) is 0 Å². The van der Waals surface area contributed by atoms with Crippen molar-refractivity contribution in [2.75, 3.05) is 26.2 Å². The quantitative estimate of drug-likeness (QED) is 0.507. The van der Waals surface area contributed by atoms with Crippen LogP contribution in [0.25, 0.3) is 0 Å². The van der Waals surface area contributed by atoms with Crippen LogP contribution in [0, 0.1) is 10.8 Å². The van der Waals surface area contributed by atoms with Gasteiger partial charge in [0, 0.05) is 36.0 Å². The number of hydrogen-bond acceptors (Lipinski definition) is 5. The predicted molar refractivity (Wildman–Crippen MR) is 142 cm³/mol. The Morgan fingerprint density at radius 1 is 0.800 bits per heavy atom. The highest BCUT2D eigenvalue weighted by molar-refractivity contribution is 5.86. The lowest BCUT2D eigenvalue weighted by molar-refractivity contribution is -0.133. The molecule has 0 bridgehead atoms. The second-order valence-electron chi connectivity index (χ2n) is 11.8. The lowest BCUT2D eigenvalue weighted by atomic mass is 9.79. The van der Waals surface area contributed by atoms with Crippen LogP contribution in [0.1, 0.15) is 86.0 Å². The lowest BCUT2D eigenvalue weighted by Gasteiger charge is -2.38. The smallest absolute Gasteiger partial charge is 0.410 e. The molecule has 0 aromatic heterocycles. The first-order valence-corrected chi connectivity index (χ1v) is 12.7. The van der Waals surface area contributed by atoms with Gasteiger partial charge in [-0.1, -0.05) is 13.8 Å². The topological polar surface area (TPSA) is 99.8 Å². The van der Waals surface area contributed by atoms with Gasteiger partial charge in [0.1, 0.15) is 5.60 Å². The van der Waals surface area contributed by atoms with E-state index in [1.165, 1.54) is 12.8 Å². The summed E-state index contributed by atoms with van der Waals surface area (Å²) in [6.07, 6.45) is 7.65. The monoisotopic (exact) mass is 536 g/mol. The predicted octanol–water partition coefficient (Wildman–Crippen LogP) is 3.80. The van der Waals surface area contributed by atoms with Crippen molar-refractivity contribution in [2.45, 2.75) is 104 Å². The maximum absolute atomic E-state index is 12.2. The summed E-state index contributed by atoms with van der Waals surface area (Å²) in [6.45, 7) is 12.8. The molecule has 4 fully saturated rings. The van der Waals surface area contributed by atoms with Gasteiger partial charge in [-0.3, -0.25) is 9.59 Å². The van der Waals surface area contributed by atoms with Gasteiger partial charge in [-0.05, 0) is 85.2 Å². The molecular formula is C25H46Cl2N4O4. The molecular weight excluding hydrogens is 491 g/mol. The first kappa shape index (κ1) is 31.8. The van der Waals surface area contributed by atoms with Crippen LogP contribution >= 0.6 is 24.8 Å². The number of halogens is 2. The first-order valence-electron chi connectivity index (χ1n) is 12.7. The average Bonchev–Trinajstić information content (AvgIpc) is 3.65. The van der Waals surface area contributed by atoms with E-state index in [2.05, 4.69) is 22.9 Å². The second-order valence-corrected chi connectivity index (χ2v) is 11.8. The Morgan fingerprint density at radius 2 is 1.20 bits per heavy atom. The van der Waals surface area contributed by atoms with Gasteiger partial charge in [0.15, 0.2) is 0 Å². The standard InChI is InChI=1S/C15H26N2O3.C10H18N2O.2ClH/c1-14(2,3)20-13(19)17-9-7-15(4,8-10-17)12(18)16-11-5-6-11;1-10(4-6-11-7-5-10)9(13)12-8-2-3-8;;/h11H,5-10H2,1-4H3,(H,16,18);8,11H,2-7H2,1H3,(H,12,13);2*1H. The Kier molecular flexibility index (Phi) is 11.6. The van der Waals surface area contributed by atoms with Gasteiger partial charge in [0.25, 0.3) is 0 Å². The third-order valence-electron chi connectivity index (χ3n) is 7.15. The van der Waals surface area contributed by atoms with E-state index in [0.717, 1.165) is 38.8 Å². The van der Waals surface area contributed by atoms with Crippen LogP contribution in [0.4, 0.5) is 4.79 Å². The molecule has 3 amide bonds. The Balaban J connectivity index is 0.000000356. The summed E-state index contributed by atoms with van der Waals surface area (Å²) in [5.41, 5.74) is -0.921. The summed E-state index contributed by atoms with van der Waals surface area (Å²) in [7, 11) is 0. The Bertz CT molecular complexity index is 721. The fraction of sp³-hybridized carbons (Fsp3) is 0.880. The summed E-state index contributed by atoms with van der Waals surface area (Å²) in [4.78, 5) is 37.8. The number of amides is 3. The van der Waals surface area contributed by atoms with Gasteiger partial charge in [0.2, 0.25) is 11.8 Å². The molecule has 35 heavy (non-hydrogen) atoms. The minimum absolute atomic E-state index is 0. The van der Waals surface area contributed by atoms with E-state index in [1.54, 1.807) is 4.90 Å². The molecule has 204 valence electrons. The van der Waals surface area contributed by atoms with Crippen molar-refractivity contribution < 1.29 is 19.1 Å². The molecule has 2 saturated heterocycles. The minimum atomic E-state index is -0.471. The van der Waals surface area contributed by atoms with E-state index in [-0.39, 0.29) is 53.6 Å². The molecule has 8 nitrogen and oxygen atoms in total. The number of carbonyl (C=O) groups excluding carboxylic acids is 3. The summed E-state index contributed by atoms with van der Waals surface area (Å²) >= 11 is 0. The van der Waals surface area contributed by atoms with Crippen LogP contribution in [-0.2, 0) is 14.3 Å². The normalized spacial score (nSPS) is 22.7. The van der Waals surface area contributed by atoms with Crippen molar-refractivity contribution in [2.24, 2.45) is 10.8 Å². The van der Waals surface area contributed by atoms with Crippen LogP contribution in [0.15, 0.2) is 0 Å². The number of nitrogens with one attached hydrogen (secondary N) is 3. The SMILES string of the molecule is CC(C)(C)OC(=O)N1CCC(C)(C(=O)NC2CC2)CC1.CC1(C(=O)NC2CC2)CCNCC1.Cl.Cl. The van der Waals surface area contributed by atoms with Crippen molar-refractivity contribution >= 4 is 42.7 Å². The average molecular weight is 538 g/mol. The van der Waals surface area contributed by atoms with E-state index in [1.807, 2.05) is 27.7 Å². The van der Waals surface area contributed by atoms with E-state index < -0.39 is 5.60 Å². The zero-order valence-corrected chi connectivity index (χ0v) is 23.7. The van der Waals surface area contributed by atoms with E-state index in [4.69, 9.17) is 4.74 Å². The Labute approximate surface area is 223 Å². The largest absolute Gasteiger partial charge is 0.444 e. The van der Waals surface area contributed by atoms with Crippen molar-refractivity contribution in [1.82, 2.24) is 20.9 Å². The molecule has 0 aromatic carbocycles. The maximum Gasteiger partial charge on any atom is 0.410 e. The molecule has 4 aliphatic rings. The van der Waals surface area contributed by atoms with Gasteiger partial charge < -0.3 is 25.6 Å². The molecule has 0 aromatic rings. The molecule has 10 heteroatoms. The fourth-order valence-corrected chi connectivity index (χ4v) is 4.12. The zero-order chi connectivity index (χ0) is 24.3. The van der Waals surface area contributed by atoms with E-state index in [0.29, 0.717) is 38.0 Å². The van der Waals surface area contributed by atoms with Crippen molar-refractivity contribution in [1.29, 1.82) is 0 Å². The molecule has 2 heterocycles. The molecule has 0 unspecified atom stereocenters. The molecule has 4 rings (SSSR count). The first-order chi connectivity index (χ1) is 15.4. The number of ether oxygens (including phenoxy) is 1. The minimum Gasteiger partial charge on any atom is -0.444 e. The van der Waals surface area contributed by atoms with Gasteiger partial charge in [-0.2, -0.15) is 0 Å². The van der Waals surface area contributed by atoms with E-state index in [9.17, 15) is 14.4 Å². The summed E-state index contributed by atoms with van der Waals surface area (Å²) in [6, 6.07) is 0.891. The zero-order valence-electron chi connectivity index (χ0n) is 22.0. The van der Waals surface area contributed by atoms with Crippen LogP contribution in [0.3, 0.4) is 0 Å². The summed E-state index contributed by atoms with van der Waals surface area (Å²) in [5.74, 6) is 0.417. The van der Waals surface area contributed by atoms with Gasteiger partial charge in [-0.15, -0.1) is 24.8 Å². The molecule has 0 radical (unpaired) electrons. The molecule has 2 saturated carbocycles. The number of hydrogen-bond donors (Lipinski definition) is 3. The second kappa shape index (κ2) is 12.8. The molecule has 0 spiro atoms. The summed E-state index contributed by atoms with van der Waals surface area (Å²) in [5, 5.41) is 9.45. The highest BCUT2D eigenvalue weighted by Crippen LogP contribution is 2.33. The molecule has 2 aliphatic heterocycles. The van der Waals surface area contributed by atoms with Crippen LogP contribution in [-0.4, -0.2) is 66.7 Å². The highest BCUT2D eigenvalue weighted by Gasteiger charge is 2.41. The Morgan fingerprint density at radius 3 is 1.57 bits per heavy atom. The van der Waals surface area contributed by atoms with Gasteiger partial charge in [-0.25, -0.2) is 4.79 Å². The molecule has 3 N–H and O–H groups in total. The van der Waals surface area contributed by atoms with Crippen LogP contribution in [0.5, 0.6) is 0 Å². The Hall–Kier alpha value is -1.25. The fourth-order valence-electron chi connectivity index (χ4n) is 4.12. The lowest BCUT2D eigenvalue weighted by Crippen LogP contribution is -2.50.